The standard InChI is InChI=1S/C17H17F2NO3S/c1-17(2,3)13(21)9-14-20-15(22)12(24-14)8-10-4-6-11(7-5-10)23-16(18)19/h4-9,16H,1-3H3,(H,20,22)/b12-8+,14-9+. The van der Waals surface area contributed by atoms with Crippen molar-refractivity contribution in [2.45, 2.75) is 27.4 Å². The van der Waals surface area contributed by atoms with Crippen LogP contribution in [0.3, 0.4) is 0 Å². The molecule has 7 heteroatoms. The minimum absolute atomic E-state index is 0.0482. The molecule has 0 bridgehead atoms. The summed E-state index contributed by atoms with van der Waals surface area (Å²) >= 11 is 1.16. The molecule has 1 heterocycles. The molecular formula is C17H17F2NO3S. The Kier molecular flexibility index (Phi) is 5.33. The van der Waals surface area contributed by atoms with Gasteiger partial charge in [0.1, 0.15) is 5.75 Å². The number of hydrogen-bond donors (Lipinski definition) is 1. The van der Waals surface area contributed by atoms with Gasteiger partial charge in [-0.2, -0.15) is 8.78 Å². The molecule has 0 fully saturated rings. The van der Waals surface area contributed by atoms with Gasteiger partial charge in [0, 0.05) is 11.5 Å². The fourth-order valence-electron chi connectivity index (χ4n) is 1.76. The Morgan fingerprint density at radius 2 is 1.88 bits per heavy atom. The molecule has 0 atom stereocenters. The maximum Gasteiger partial charge on any atom is 0.387 e. The third-order valence-corrected chi connectivity index (χ3v) is 4.05. The van der Waals surface area contributed by atoms with E-state index in [1.807, 2.05) is 0 Å². The van der Waals surface area contributed by atoms with Gasteiger partial charge < -0.3 is 9.72 Å². The molecule has 0 amide bonds. The number of ketones is 1. The van der Waals surface area contributed by atoms with Gasteiger partial charge in [0.25, 0.3) is 5.56 Å². The summed E-state index contributed by atoms with van der Waals surface area (Å²) in [6.45, 7) is 2.52. The molecule has 0 spiro atoms. The van der Waals surface area contributed by atoms with Crippen LogP contribution in [-0.2, 0) is 4.79 Å². The number of rotatable bonds is 4. The Labute approximate surface area is 141 Å². The predicted molar refractivity (Wildman–Crippen MR) is 89.8 cm³/mol. The van der Waals surface area contributed by atoms with Gasteiger partial charge in [0.05, 0.1) is 9.20 Å². The zero-order chi connectivity index (χ0) is 17.9. The number of Topliss-reactive ketones (excluding diaryl/α,β-unsaturated/α-hetero) is 1. The van der Waals surface area contributed by atoms with Crippen molar-refractivity contribution >= 4 is 29.3 Å². The largest absolute Gasteiger partial charge is 0.435 e. The number of thiazole rings is 1. The molecule has 0 unspecified atom stereocenters. The highest BCUT2D eigenvalue weighted by molar-refractivity contribution is 7.07. The van der Waals surface area contributed by atoms with E-state index in [-0.39, 0.29) is 17.1 Å². The number of benzene rings is 1. The third-order valence-electron chi connectivity index (χ3n) is 3.08. The summed E-state index contributed by atoms with van der Waals surface area (Å²) in [5.74, 6) is -0.0351. The molecule has 0 aliphatic heterocycles. The summed E-state index contributed by atoms with van der Waals surface area (Å²) in [6, 6.07) is 5.94. The van der Waals surface area contributed by atoms with Crippen LogP contribution < -0.4 is 19.5 Å². The zero-order valence-electron chi connectivity index (χ0n) is 13.4. The fraction of sp³-hybridized carbons (Fsp3) is 0.294. The number of carbonyl (C=O) groups is 1. The molecule has 1 aromatic heterocycles. The van der Waals surface area contributed by atoms with Crippen molar-refractivity contribution in [3.63, 3.8) is 0 Å². The van der Waals surface area contributed by atoms with Gasteiger partial charge in [-0.25, -0.2) is 0 Å². The Balaban J connectivity index is 2.33. The van der Waals surface area contributed by atoms with Crippen LogP contribution >= 0.6 is 11.3 Å². The van der Waals surface area contributed by atoms with Gasteiger partial charge in [-0.3, -0.25) is 9.59 Å². The van der Waals surface area contributed by atoms with Crippen LogP contribution in [0.4, 0.5) is 8.78 Å². The number of aromatic amines is 1. The first-order valence-corrected chi connectivity index (χ1v) is 7.99. The van der Waals surface area contributed by atoms with E-state index in [1.54, 1.807) is 39.0 Å². The van der Waals surface area contributed by atoms with E-state index in [9.17, 15) is 18.4 Å². The van der Waals surface area contributed by atoms with E-state index in [0.717, 1.165) is 11.3 Å². The van der Waals surface area contributed by atoms with Crippen molar-refractivity contribution in [2.24, 2.45) is 5.41 Å². The lowest BCUT2D eigenvalue weighted by molar-refractivity contribution is -0.120. The molecule has 4 nitrogen and oxygen atoms in total. The lowest BCUT2D eigenvalue weighted by Crippen LogP contribution is -2.22. The number of H-pyrrole nitrogens is 1. The molecule has 2 aromatic rings. The lowest BCUT2D eigenvalue weighted by atomic mass is 9.91. The average Bonchev–Trinajstić information content (AvgIpc) is 2.79. The number of alkyl halides is 2. The molecule has 0 saturated heterocycles. The molecule has 2 rings (SSSR count). The van der Waals surface area contributed by atoms with Crippen molar-refractivity contribution in [1.82, 2.24) is 4.98 Å². The highest BCUT2D eigenvalue weighted by atomic mass is 32.1. The molecular weight excluding hydrogens is 336 g/mol. The van der Waals surface area contributed by atoms with Gasteiger partial charge in [-0.1, -0.05) is 32.9 Å². The minimum atomic E-state index is -2.88. The summed E-state index contributed by atoms with van der Waals surface area (Å²) in [6.07, 6.45) is 3.04. The van der Waals surface area contributed by atoms with Crippen molar-refractivity contribution in [2.75, 3.05) is 0 Å². The van der Waals surface area contributed by atoms with Gasteiger partial charge >= 0.3 is 6.61 Å². The minimum Gasteiger partial charge on any atom is -0.435 e. The van der Waals surface area contributed by atoms with Crippen LogP contribution in [-0.4, -0.2) is 17.4 Å². The van der Waals surface area contributed by atoms with E-state index in [0.29, 0.717) is 14.8 Å². The molecule has 1 aromatic carbocycles. The van der Waals surface area contributed by atoms with E-state index in [1.165, 1.54) is 18.2 Å². The Hall–Kier alpha value is -2.28. The van der Waals surface area contributed by atoms with E-state index >= 15 is 0 Å². The topological polar surface area (TPSA) is 59.2 Å². The molecule has 128 valence electrons. The van der Waals surface area contributed by atoms with E-state index in [2.05, 4.69) is 9.72 Å². The average molecular weight is 353 g/mol. The smallest absolute Gasteiger partial charge is 0.387 e. The Bertz CT molecular complexity index is 890. The Morgan fingerprint density at radius 3 is 2.42 bits per heavy atom. The van der Waals surface area contributed by atoms with Crippen molar-refractivity contribution in [1.29, 1.82) is 0 Å². The number of aromatic nitrogens is 1. The van der Waals surface area contributed by atoms with Crippen LogP contribution in [0.15, 0.2) is 29.1 Å². The second kappa shape index (κ2) is 7.09. The van der Waals surface area contributed by atoms with E-state index in [4.69, 9.17) is 0 Å². The first-order chi connectivity index (χ1) is 11.1. The second-order valence-electron chi connectivity index (χ2n) is 6.14. The third kappa shape index (κ3) is 4.86. The Morgan fingerprint density at radius 1 is 1.25 bits per heavy atom. The van der Waals surface area contributed by atoms with E-state index < -0.39 is 12.0 Å². The van der Waals surface area contributed by atoms with Gasteiger partial charge in [-0.15, -0.1) is 11.3 Å². The maximum absolute atomic E-state index is 12.1. The van der Waals surface area contributed by atoms with Crippen molar-refractivity contribution in [3.05, 3.63) is 49.4 Å². The predicted octanol–water partition coefficient (Wildman–Crippen LogP) is 2.26. The molecule has 1 N–H and O–H groups in total. The lowest BCUT2D eigenvalue weighted by Gasteiger charge is -2.12. The molecule has 0 radical (unpaired) electrons. The molecule has 0 aliphatic rings. The summed E-state index contributed by atoms with van der Waals surface area (Å²) in [5.41, 5.74) is -0.163. The van der Waals surface area contributed by atoms with Crippen molar-refractivity contribution < 1.29 is 18.3 Å². The fourth-order valence-corrected chi connectivity index (χ4v) is 2.64. The monoisotopic (exact) mass is 353 g/mol. The molecule has 24 heavy (non-hydrogen) atoms. The van der Waals surface area contributed by atoms with Crippen LogP contribution in [0.1, 0.15) is 26.3 Å². The number of hydrogen-bond acceptors (Lipinski definition) is 4. The summed E-state index contributed by atoms with van der Waals surface area (Å²) in [5, 5.41) is 0. The maximum atomic E-state index is 12.1. The van der Waals surface area contributed by atoms with Crippen molar-refractivity contribution in [3.8, 4) is 5.75 Å². The first kappa shape index (κ1) is 18.1. The van der Waals surface area contributed by atoms with Gasteiger partial charge in [-0.05, 0) is 23.8 Å². The van der Waals surface area contributed by atoms with Crippen LogP contribution in [0.2, 0.25) is 0 Å². The normalized spacial score (nSPS) is 13.6. The highest BCUT2D eigenvalue weighted by Crippen LogP contribution is 2.15. The summed E-state index contributed by atoms with van der Waals surface area (Å²) in [4.78, 5) is 26.6. The van der Waals surface area contributed by atoms with Gasteiger partial charge in [0.15, 0.2) is 5.78 Å². The van der Waals surface area contributed by atoms with Gasteiger partial charge in [0.2, 0.25) is 0 Å². The van der Waals surface area contributed by atoms with Crippen LogP contribution in [0, 0.1) is 5.41 Å². The molecule has 0 saturated carbocycles. The zero-order valence-corrected chi connectivity index (χ0v) is 14.2. The quantitative estimate of drug-likeness (QED) is 0.917. The van der Waals surface area contributed by atoms with Crippen LogP contribution in [0.5, 0.6) is 5.75 Å². The van der Waals surface area contributed by atoms with Crippen LogP contribution in [0.25, 0.3) is 12.2 Å². The first-order valence-electron chi connectivity index (χ1n) is 7.17. The number of halogens is 2. The molecule has 0 aliphatic carbocycles. The summed E-state index contributed by atoms with van der Waals surface area (Å²) < 4.78 is 29.4. The number of nitrogens with one attached hydrogen (secondary N) is 1. The second-order valence-corrected chi connectivity index (χ2v) is 7.22. The number of ether oxygens (including phenoxy) is 1. The SMILES string of the molecule is CC(C)(C)C(=O)/C=c1\[nH]c(=O)/c(=C\c2ccc(OC(F)F)cc2)s1. The highest BCUT2D eigenvalue weighted by Gasteiger charge is 2.18. The number of carbonyl (C=O) groups excluding carboxylic acids is 1. The summed E-state index contributed by atoms with van der Waals surface area (Å²) in [7, 11) is 0.